The fraction of sp³-hybridized carbons (Fsp3) is 0.333. The van der Waals surface area contributed by atoms with Crippen molar-refractivity contribution in [3.8, 4) is 11.5 Å². The number of phenols is 1. The Hall–Kier alpha value is -1.44. The first-order valence-corrected chi connectivity index (χ1v) is 4.98. The van der Waals surface area contributed by atoms with E-state index in [9.17, 15) is 5.11 Å². The second-order valence-corrected chi connectivity index (χ2v) is 3.49. The number of benzene rings is 1. The van der Waals surface area contributed by atoms with Crippen molar-refractivity contribution in [2.45, 2.75) is 25.9 Å². The van der Waals surface area contributed by atoms with Crippen molar-refractivity contribution in [1.29, 1.82) is 0 Å². The van der Waals surface area contributed by atoms with Crippen LogP contribution in [0.4, 0.5) is 0 Å². The van der Waals surface area contributed by atoms with Crippen molar-refractivity contribution in [2.24, 2.45) is 0 Å². The maximum atomic E-state index is 9.54. The predicted molar refractivity (Wildman–Crippen MR) is 56.5 cm³/mol. The van der Waals surface area contributed by atoms with Crippen molar-refractivity contribution in [3.63, 3.8) is 0 Å². The molecule has 0 radical (unpaired) electrons. The fourth-order valence-corrected chi connectivity index (χ4v) is 1.65. The highest BCUT2D eigenvalue weighted by atomic mass is 16.5. The molecular weight excluding hydrogens is 176 g/mol. The van der Waals surface area contributed by atoms with Crippen molar-refractivity contribution in [3.05, 3.63) is 29.8 Å². The Balaban J connectivity index is 2.27. The van der Waals surface area contributed by atoms with E-state index in [0.29, 0.717) is 0 Å². The van der Waals surface area contributed by atoms with E-state index in [2.05, 4.69) is 6.92 Å². The molecule has 1 N–H and O–H groups in total. The minimum absolute atomic E-state index is 0.161. The molecule has 2 nitrogen and oxygen atoms in total. The zero-order valence-corrected chi connectivity index (χ0v) is 8.23. The first kappa shape index (κ1) is 9.13. The van der Waals surface area contributed by atoms with Gasteiger partial charge in [0.2, 0.25) is 0 Å². The van der Waals surface area contributed by atoms with Gasteiger partial charge in [-0.1, -0.05) is 19.4 Å². The number of hydrogen-bond donors (Lipinski definition) is 1. The molecule has 0 spiro atoms. The molecule has 0 amide bonds. The minimum Gasteiger partial charge on any atom is -0.507 e. The largest absolute Gasteiger partial charge is 0.507 e. The number of ether oxygens (including phenoxy) is 1. The van der Waals surface area contributed by atoms with Gasteiger partial charge in [0, 0.05) is 0 Å². The Morgan fingerprint density at radius 3 is 3.07 bits per heavy atom. The van der Waals surface area contributed by atoms with Gasteiger partial charge in [0.15, 0.2) is 0 Å². The Kier molecular flexibility index (Phi) is 2.44. The standard InChI is InChI=1S/C12H14O2/c1-2-4-9-7-8-10-11(13)5-3-6-12(10)14-9/h3,5-9,13H,2,4H2,1H3. The summed E-state index contributed by atoms with van der Waals surface area (Å²) in [6, 6.07) is 5.37. The molecule has 0 aromatic heterocycles. The van der Waals surface area contributed by atoms with Crippen LogP contribution in [0.5, 0.6) is 11.5 Å². The first-order valence-electron chi connectivity index (χ1n) is 4.98. The summed E-state index contributed by atoms with van der Waals surface area (Å²) < 4.78 is 5.71. The average molecular weight is 190 g/mol. The zero-order chi connectivity index (χ0) is 9.97. The van der Waals surface area contributed by atoms with Gasteiger partial charge in [-0.25, -0.2) is 0 Å². The topological polar surface area (TPSA) is 29.5 Å². The zero-order valence-electron chi connectivity index (χ0n) is 8.23. The van der Waals surface area contributed by atoms with Gasteiger partial charge in [-0.3, -0.25) is 0 Å². The highest BCUT2D eigenvalue weighted by molar-refractivity contribution is 5.65. The molecule has 0 fully saturated rings. The lowest BCUT2D eigenvalue weighted by Gasteiger charge is -2.21. The summed E-state index contributed by atoms with van der Waals surface area (Å²) >= 11 is 0. The Labute approximate surface area is 83.8 Å². The Bertz CT molecular complexity index is 355. The van der Waals surface area contributed by atoms with E-state index in [-0.39, 0.29) is 11.9 Å². The van der Waals surface area contributed by atoms with Crippen LogP contribution in [0.3, 0.4) is 0 Å². The van der Waals surface area contributed by atoms with Crippen LogP contribution in [0.25, 0.3) is 6.08 Å². The van der Waals surface area contributed by atoms with E-state index in [0.717, 1.165) is 24.2 Å². The molecule has 1 aliphatic rings. The second kappa shape index (κ2) is 3.74. The third-order valence-electron chi connectivity index (χ3n) is 2.37. The third-order valence-corrected chi connectivity index (χ3v) is 2.37. The molecule has 1 aromatic rings. The molecule has 2 rings (SSSR count). The lowest BCUT2D eigenvalue weighted by molar-refractivity contribution is 0.233. The molecule has 14 heavy (non-hydrogen) atoms. The number of hydrogen-bond acceptors (Lipinski definition) is 2. The van der Waals surface area contributed by atoms with Gasteiger partial charge in [-0.05, 0) is 30.7 Å². The van der Waals surface area contributed by atoms with E-state index in [1.807, 2.05) is 18.2 Å². The molecule has 1 atom stereocenters. The van der Waals surface area contributed by atoms with Gasteiger partial charge >= 0.3 is 0 Å². The van der Waals surface area contributed by atoms with Gasteiger partial charge in [0.25, 0.3) is 0 Å². The molecule has 1 aromatic carbocycles. The summed E-state index contributed by atoms with van der Waals surface area (Å²) in [5.74, 6) is 1.07. The normalized spacial score (nSPS) is 18.8. The molecule has 0 saturated heterocycles. The van der Waals surface area contributed by atoms with E-state index in [4.69, 9.17) is 4.74 Å². The minimum atomic E-state index is 0.161. The van der Waals surface area contributed by atoms with Gasteiger partial charge in [0.05, 0.1) is 5.56 Å². The van der Waals surface area contributed by atoms with Crippen LogP contribution in [-0.2, 0) is 0 Å². The number of fused-ring (bicyclic) bond motifs is 1. The predicted octanol–water partition coefficient (Wildman–Crippen LogP) is 2.97. The lowest BCUT2D eigenvalue weighted by Crippen LogP contribution is -2.16. The van der Waals surface area contributed by atoms with Crippen molar-refractivity contribution < 1.29 is 9.84 Å². The van der Waals surface area contributed by atoms with E-state index in [1.165, 1.54) is 0 Å². The number of aromatic hydroxyl groups is 1. The summed E-state index contributed by atoms with van der Waals surface area (Å²) in [4.78, 5) is 0. The lowest BCUT2D eigenvalue weighted by atomic mass is 10.1. The average Bonchev–Trinajstić information content (AvgIpc) is 2.18. The molecule has 0 saturated carbocycles. The summed E-state index contributed by atoms with van der Waals surface area (Å²) in [5.41, 5.74) is 0.792. The van der Waals surface area contributed by atoms with Crippen LogP contribution < -0.4 is 4.74 Å². The molecular formula is C12H14O2. The molecule has 0 bridgehead atoms. The van der Waals surface area contributed by atoms with Crippen LogP contribution >= 0.6 is 0 Å². The summed E-state index contributed by atoms with van der Waals surface area (Å²) in [7, 11) is 0. The van der Waals surface area contributed by atoms with Crippen LogP contribution in [-0.4, -0.2) is 11.2 Å². The third kappa shape index (κ3) is 1.60. The first-order chi connectivity index (χ1) is 6.81. The van der Waals surface area contributed by atoms with Crippen molar-refractivity contribution >= 4 is 6.08 Å². The van der Waals surface area contributed by atoms with Crippen molar-refractivity contribution in [1.82, 2.24) is 0 Å². The molecule has 74 valence electrons. The van der Waals surface area contributed by atoms with Crippen molar-refractivity contribution in [2.75, 3.05) is 0 Å². The maximum Gasteiger partial charge on any atom is 0.131 e. The highest BCUT2D eigenvalue weighted by Crippen LogP contribution is 2.33. The van der Waals surface area contributed by atoms with Crippen LogP contribution in [0.1, 0.15) is 25.3 Å². The fourth-order valence-electron chi connectivity index (χ4n) is 1.65. The molecule has 1 unspecified atom stereocenters. The van der Waals surface area contributed by atoms with Gasteiger partial charge in [0.1, 0.15) is 17.6 Å². The smallest absolute Gasteiger partial charge is 0.131 e. The molecule has 2 heteroatoms. The number of phenolic OH excluding ortho intramolecular Hbond substituents is 1. The monoisotopic (exact) mass is 190 g/mol. The molecule has 0 aliphatic carbocycles. The second-order valence-electron chi connectivity index (χ2n) is 3.49. The SMILES string of the molecule is CCCC1C=Cc2c(O)cccc2O1. The van der Waals surface area contributed by atoms with E-state index >= 15 is 0 Å². The summed E-state index contributed by atoms with van der Waals surface area (Å²) in [5, 5.41) is 9.54. The highest BCUT2D eigenvalue weighted by Gasteiger charge is 2.15. The van der Waals surface area contributed by atoms with Gasteiger partial charge < -0.3 is 9.84 Å². The van der Waals surface area contributed by atoms with Crippen LogP contribution in [0.2, 0.25) is 0 Å². The summed E-state index contributed by atoms with van der Waals surface area (Å²) in [6.07, 6.45) is 6.23. The Morgan fingerprint density at radius 1 is 1.43 bits per heavy atom. The molecule has 1 aliphatic heterocycles. The quantitative estimate of drug-likeness (QED) is 0.776. The molecule has 1 heterocycles. The Morgan fingerprint density at radius 2 is 2.29 bits per heavy atom. The van der Waals surface area contributed by atoms with Crippen LogP contribution in [0, 0.1) is 0 Å². The van der Waals surface area contributed by atoms with Gasteiger partial charge in [-0.2, -0.15) is 0 Å². The van der Waals surface area contributed by atoms with Crippen LogP contribution in [0.15, 0.2) is 24.3 Å². The van der Waals surface area contributed by atoms with E-state index in [1.54, 1.807) is 12.1 Å². The summed E-state index contributed by atoms with van der Waals surface area (Å²) in [6.45, 7) is 2.13. The maximum absolute atomic E-state index is 9.54. The van der Waals surface area contributed by atoms with E-state index < -0.39 is 0 Å². The van der Waals surface area contributed by atoms with Gasteiger partial charge in [-0.15, -0.1) is 0 Å². The number of rotatable bonds is 2.